The molecular weight excluding hydrogens is 262 g/mol. The van der Waals surface area contributed by atoms with E-state index in [4.69, 9.17) is 14.2 Å². The van der Waals surface area contributed by atoms with E-state index in [2.05, 4.69) is 4.98 Å². The number of fused-ring (bicyclic) bond motifs is 1. The number of pyridine rings is 1. The number of hydrogen-bond donors (Lipinski definition) is 1. The number of benzene rings is 1. The highest BCUT2D eigenvalue weighted by atomic mass is 16.5. The highest BCUT2D eigenvalue weighted by Gasteiger charge is 2.14. The molecule has 20 heavy (non-hydrogen) atoms. The number of rotatable bonds is 4. The van der Waals surface area contributed by atoms with E-state index < -0.39 is 11.5 Å². The van der Waals surface area contributed by atoms with Gasteiger partial charge in [-0.3, -0.25) is 4.79 Å². The van der Waals surface area contributed by atoms with Crippen molar-refractivity contribution in [1.29, 1.82) is 0 Å². The zero-order chi connectivity index (χ0) is 14.7. The van der Waals surface area contributed by atoms with Gasteiger partial charge in [0, 0.05) is 11.5 Å². The predicted octanol–water partition coefficient (Wildman–Crippen LogP) is 1.72. The largest absolute Gasteiger partial charge is 0.493 e. The maximum absolute atomic E-state index is 11.9. The Labute approximate surface area is 115 Å². The summed E-state index contributed by atoms with van der Waals surface area (Å²) in [4.78, 5) is 26.2. The lowest BCUT2D eigenvalue weighted by molar-refractivity contribution is 0.0524. The fourth-order valence-corrected chi connectivity index (χ4v) is 1.89. The fraction of sp³-hybridized carbons (Fsp3) is 0.286. The first kappa shape index (κ1) is 13.9. The van der Waals surface area contributed by atoms with Gasteiger partial charge in [-0.1, -0.05) is 0 Å². The first-order chi connectivity index (χ1) is 9.60. The van der Waals surface area contributed by atoms with Gasteiger partial charge in [0.15, 0.2) is 11.5 Å². The fourth-order valence-electron chi connectivity index (χ4n) is 1.89. The topological polar surface area (TPSA) is 77.6 Å². The summed E-state index contributed by atoms with van der Waals surface area (Å²) in [6.45, 7) is 1.89. The Hall–Kier alpha value is -2.50. The number of hydrogen-bond acceptors (Lipinski definition) is 5. The highest BCUT2D eigenvalue weighted by molar-refractivity contribution is 5.94. The number of carbonyl (C=O) groups excluding carboxylic acids is 1. The van der Waals surface area contributed by atoms with Crippen molar-refractivity contribution in [1.82, 2.24) is 4.98 Å². The summed E-state index contributed by atoms with van der Waals surface area (Å²) in [5, 5.41) is 0.658. The second-order valence-electron chi connectivity index (χ2n) is 4.03. The van der Waals surface area contributed by atoms with Gasteiger partial charge in [0.1, 0.15) is 5.56 Å². The van der Waals surface area contributed by atoms with E-state index in [-0.39, 0.29) is 12.2 Å². The number of H-pyrrole nitrogens is 1. The number of nitrogens with one attached hydrogen (secondary N) is 1. The Kier molecular flexibility index (Phi) is 3.93. The molecule has 1 aromatic heterocycles. The van der Waals surface area contributed by atoms with Crippen molar-refractivity contribution in [2.45, 2.75) is 6.92 Å². The first-order valence-electron chi connectivity index (χ1n) is 6.06. The number of esters is 1. The summed E-state index contributed by atoms with van der Waals surface area (Å²) >= 11 is 0. The Morgan fingerprint density at radius 1 is 1.15 bits per heavy atom. The van der Waals surface area contributed by atoms with Crippen LogP contribution < -0.4 is 15.0 Å². The van der Waals surface area contributed by atoms with Crippen LogP contribution in [0.2, 0.25) is 0 Å². The van der Waals surface area contributed by atoms with Gasteiger partial charge in [-0.15, -0.1) is 0 Å². The van der Waals surface area contributed by atoms with Crippen LogP contribution in [0.3, 0.4) is 0 Å². The number of methoxy groups -OCH3 is 2. The molecule has 106 valence electrons. The Morgan fingerprint density at radius 3 is 2.40 bits per heavy atom. The van der Waals surface area contributed by atoms with Crippen LogP contribution >= 0.6 is 0 Å². The molecule has 0 aliphatic heterocycles. The minimum Gasteiger partial charge on any atom is -0.493 e. The maximum atomic E-state index is 11.9. The average Bonchev–Trinajstić information content (AvgIpc) is 2.45. The zero-order valence-electron chi connectivity index (χ0n) is 11.5. The van der Waals surface area contributed by atoms with Gasteiger partial charge in [0.2, 0.25) is 0 Å². The lowest BCUT2D eigenvalue weighted by Crippen LogP contribution is -2.19. The lowest BCUT2D eigenvalue weighted by Gasteiger charge is -2.09. The Bertz CT molecular complexity index is 705. The van der Waals surface area contributed by atoms with Gasteiger partial charge in [-0.25, -0.2) is 4.79 Å². The molecule has 1 heterocycles. The number of ether oxygens (including phenoxy) is 3. The molecule has 0 saturated heterocycles. The average molecular weight is 277 g/mol. The second-order valence-corrected chi connectivity index (χ2v) is 4.03. The highest BCUT2D eigenvalue weighted by Crippen LogP contribution is 2.31. The van der Waals surface area contributed by atoms with Crippen molar-refractivity contribution in [3.05, 3.63) is 34.1 Å². The van der Waals surface area contributed by atoms with Gasteiger partial charge in [0.05, 0.1) is 26.3 Å². The van der Waals surface area contributed by atoms with Crippen LogP contribution in [-0.4, -0.2) is 31.8 Å². The molecule has 0 aliphatic rings. The monoisotopic (exact) mass is 277 g/mol. The molecule has 0 saturated carbocycles. The summed E-state index contributed by atoms with van der Waals surface area (Å²) in [7, 11) is 3.02. The van der Waals surface area contributed by atoms with Gasteiger partial charge in [-0.05, 0) is 19.1 Å². The smallest absolute Gasteiger partial charge is 0.343 e. The third-order valence-corrected chi connectivity index (χ3v) is 2.84. The summed E-state index contributed by atoms with van der Waals surface area (Å²) in [5.41, 5.74) is 0.0236. The molecule has 2 rings (SSSR count). The van der Waals surface area contributed by atoms with Crippen molar-refractivity contribution in [3.8, 4) is 11.5 Å². The normalized spacial score (nSPS) is 10.3. The molecular formula is C14H15NO5. The van der Waals surface area contributed by atoms with Crippen LogP contribution in [0.1, 0.15) is 17.3 Å². The van der Waals surface area contributed by atoms with E-state index in [0.717, 1.165) is 0 Å². The molecule has 0 atom stereocenters. The summed E-state index contributed by atoms with van der Waals surface area (Å²) in [5.74, 6) is 0.367. The van der Waals surface area contributed by atoms with E-state index in [1.54, 1.807) is 19.1 Å². The van der Waals surface area contributed by atoms with Gasteiger partial charge < -0.3 is 19.2 Å². The molecule has 1 aromatic carbocycles. The van der Waals surface area contributed by atoms with Crippen molar-refractivity contribution >= 4 is 16.9 Å². The molecule has 2 aromatic rings. The molecule has 0 unspecified atom stereocenters. The van der Waals surface area contributed by atoms with Crippen LogP contribution in [-0.2, 0) is 4.74 Å². The van der Waals surface area contributed by atoms with Crippen molar-refractivity contribution in [3.63, 3.8) is 0 Å². The quantitative estimate of drug-likeness (QED) is 0.861. The van der Waals surface area contributed by atoms with E-state index in [0.29, 0.717) is 22.4 Å². The van der Waals surface area contributed by atoms with Crippen LogP contribution in [0.25, 0.3) is 10.9 Å². The van der Waals surface area contributed by atoms with Crippen LogP contribution in [0.4, 0.5) is 0 Å². The van der Waals surface area contributed by atoms with E-state index in [1.165, 1.54) is 20.3 Å². The van der Waals surface area contributed by atoms with Gasteiger partial charge in [0.25, 0.3) is 5.56 Å². The molecule has 0 fully saturated rings. The van der Waals surface area contributed by atoms with Crippen LogP contribution in [0.15, 0.2) is 23.0 Å². The van der Waals surface area contributed by atoms with Crippen molar-refractivity contribution in [2.24, 2.45) is 0 Å². The molecule has 0 bridgehead atoms. The molecule has 6 nitrogen and oxygen atoms in total. The number of carbonyl (C=O) groups is 1. The van der Waals surface area contributed by atoms with E-state index in [9.17, 15) is 9.59 Å². The lowest BCUT2D eigenvalue weighted by atomic mass is 10.1. The first-order valence-corrected chi connectivity index (χ1v) is 6.06. The van der Waals surface area contributed by atoms with Crippen LogP contribution in [0.5, 0.6) is 11.5 Å². The summed E-state index contributed by atoms with van der Waals surface area (Å²) in [6.07, 6.45) is 0. The Balaban J connectivity index is 2.63. The van der Waals surface area contributed by atoms with Crippen molar-refractivity contribution in [2.75, 3.05) is 20.8 Å². The zero-order valence-corrected chi connectivity index (χ0v) is 11.5. The van der Waals surface area contributed by atoms with Gasteiger partial charge in [-0.2, -0.15) is 0 Å². The molecule has 0 aliphatic carbocycles. The third kappa shape index (κ3) is 2.45. The maximum Gasteiger partial charge on any atom is 0.343 e. The van der Waals surface area contributed by atoms with E-state index in [1.807, 2.05) is 0 Å². The second kappa shape index (κ2) is 5.64. The third-order valence-electron chi connectivity index (χ3n) is 2.84. The molecule has 0 radical (unpaired) electrons. The number of aromatic nitrogens is 1. The SMILES string of the molecule is CCOC(=O)c1cc2cc(OC)c(OC)cc2[nH]c1=O. The Morgan fingerprint density at radius 2 is 1.80 bits per heavy atom. The summed E-state index contributed by atoms with van der Waals surface area (Å²) < 4.78 is 15.2. The predicted molar refractivity (Wildman–Crippen MR) is 73.6 cm³/mol. The number of aromatic amines is 1. The van der Waals surface area contributed by atoms with Gasteiger partial charge >= 0.3 is 5.97 Å². The summed E-state index contributed by atoms with van der Waals surface area (Å²) in [6, 6.07) is 4.81. The van der Waals surface area contributed by atoms with Crippen molar-refractivity contribution < 1.29 is 19.0 Å². The standard InChI is InChI=1S/C14H15NO5/c1-4-20-14(17)9-5-8-6-11(18-2)12(19-3)7-10(8)15-13(9)16/h5-7H,4H2,1-3H3,(H,15,16). The molecule has 6 heteroatoms. The van der Waals surface area contributed by atoms with E-state index >= 15 is 0 Å². The minimum atomic E-state index is -0.648. The molecule has 1 N–H and O–H groups in total. The minimum absolute atomic E-state index is 0.0356. The van der Waals surface area contributed by atoms with Crippen LogP contribution in [0, 0.1) is 0 Å². The molecule has 0 spiro atoms. The molecule has 0 amide bonds.